The van der Waals surface area contributed by atoms with Crippen molar-refractivity contribution in [2.24, 2.45) is 0 Å². The highest BCUT2D eigenvalue weighted by Crippen LogP contribution is 2.08. The van der Waals surface area contributed by atoms with Crippen molar-refractivity contribution in [3.8, 4) is 0 Å². The van der Waals surface area contributed by atoms with E-state index in [1.807, 2.05) is 6.07 Å². The van der Waals surface area contributed by atoms with Crippen molar-refractivity contribution in [2.45, 2.75) is 13.0 Å². The fourth-order valence-corrected chi connectivity index (χ4v) is 1.67. The first-order chi connectivity index (χ1) is 10.5. The first-order valence-electron chi connectivity index (χ1n) is 6.49. The van der Waals surface area contributed by atoms with Crippen molar-refractivity contribution < 1.29 is 19.5 Å². The standard InChI is InChI=1S/C14H14N4O4/c1-8(14(21)22)17-12(19)7-16-13(20)11-6-15-9-4-2-3-5-10(9)18-11/h2-6,8H,7H2,1H3,(H,16,20)(H,17,19)(H,21,22). The fourth-order valence-electron chi connectivity index (χ4n) is 1.67. The summed E-state index contributed by atoms with van der Waals surface area (Å²) in [5.74, 6) is -2.31. The minimum absolute atomic E-state index is 0.0813. The number of aromatic nitrogens is 2. The molecule has 114 valence electrons. The Balaban J connectivity index is 1.96. The van der Waals surface area contributed by atoms with Gasteiger partial charge in [0.1, 0.15) is 11.7 Å². The van der Waals surface area contributed by atoms with E-state index in [-0.39, 0.29) is 12.2 Å². The molecule has 1 unspecified atom stereocenters. The van der Waals surface area contributed by atoms with Crippen molar-refractivity contribution in [1.29, 1.82) is 0 Å². The number of amides is 2. The van der Waals surface area contributed by atoms with Gasteiger partial charge in [0, 0.05) is 0 Å². The van der Waals surface area contributed by atoms with Crippen LogP contribution in [0.15, 0.2) is 30.5 Å². The van der Waals surface area contributed by atoms with E-state index in [2.05, 4.69) is 20.6 Å². The molecule has 1 aromatic heterocycles. The third-order valence-corrected chi connectivity index (χ3v) is 2.84. The Morgan fingerprint density at radius 2 is 1.91 bits per heavy atom. The van der Waals surface area contributed by atoms with Gasteiger partial charge in [0.05, 0.1) is 23.8 Å². The number of rotatable bonds is 5. The molecule has 0 spiro atoms. The molecule has 2 amide bonds. The molecule has 0 saturated heterocycles. The highest BCUT2D eigenvalue weighted by atomic mass is 16.4. The number of carboxylic acid groups (broad SMARTS) is 1. The van der Waals surface area contributed by atoms with Gasteiger partial charge in [-0.25, -0.2) is 4.98 Å². The van der Waals surface area contributed by atoms with Crippen LogP contribution < -0.4 is 10.6 Å². The molecular formula is C14H14N4O4. The van der Waals surface area contributed by atoms with E-state index >= 15 is 0 Å². The Bertz CT molecular complexity index is 732. The summed E-state index contributed by atoms with van der Waals surface area (Å²) < 4.78 is 0. The summed E-state index contributed by atoms with van der Waals surface area (Å²) in [4.78, 5) is 42.2. The number of para-hydroxylation sites is 2. The Hall–Kier alpha value is -3.03. The first-order valence-corrected chi connectivity index (χ1v) is 6.49. The number of carboxylic acids is 1. The number of fused-ring (bicyclic) bond motifs is 1. The van der Waals surface area contributed by atoms with Gasteiger partial charge in [0.15, 0.2) is 0 Å². The fraction of sp³-hybridized carbons (Fsp3) is 0.214. The zero-order chi connectivity index (χ0) is 16.1. The Morgan fingerprint density at radius 3 is 2.59 bits per heavy atom. The lowest BCUT2D eigenvalue weighted by Gasteiger charge is -2.09. The summed E-state index contributed by atoms with van der Waals surface area (Å²) >= 11 is 0. The van der Waals surface area contributed by atoms with Gasteiger partial charge in [-0.05, 0) is 19.1 Å². The molecule has 0 aliphatic rings. The van der Waals surface area contributed by atoms with Gasteiger partial charge in [-0.3, -0.25) is 19.4 Å². The van der Waals surface area contributed by atoms with E-state index in [1.54, 1.807) is 18.2 Å². The second-order valence-corrected chi connectivity index (χ2v) is 4.55. The van der Waals surface area contributed by atoms with Crippen molar-refractivity contribution in [2.75, 3.05) is 6.54 Å². The molecule has 8 heteroatoms. The van der Waals surface area contributed by atoms with Crippen LogP contribution in [-0.4, -0.2) is 45.4 Å². The van der Waals surface area contributed by atoms with E-state index < -0.39 is 23.8 Å². The quantitative estimate of drug-likeness (QED) is 0.712. The highest BCUT2D eigenvalue weighted by molar-refractivity contribution is 5.96. The zero-order valence-electron chi connectivity index (χ0n) is 11.7. The molecule has 1 aromatic carbocycles. The maximum atomic E-state index is 11.9. The lowest BCUT2D eigenvalue weighted by Crippen LogP contribution is -2.44. The third-order valence-electron chi connectivity index (χ3n) is 2.84. The van der Waals surface area contributed by atoms with E-state index in [4.69, 9.17) is 5.11 Å². The highest BCUT2D eigenvalue weighted by Gasteiger charge is 2.15. The predicted octanol–water partition coefficient (Wildman–Crippen LogP) is -0.0511. The smallest absolute Gasteiger partial charge is 0.325 e. The first kappa shape index (κ1) is 15.4. The van der Waals surface area contributed by atoms with Gasteiger partial charge in [-0.15, -0.1) is 0 Å². The van der Waals surface area contributed by atoms with Crippen molar-refractivity contribution in [1.82, 2.24) is 20.6 Å². The number of nitrogens with one attached hydrogen (secondary N) is 2. The Morgan fingerprint density at radius 1 is 1.23 bits per heavy atom. The normalized spacial score (nSPS) is 11.7. The monoisotopic (exact) mass is 302 g/mol. The van der Waals surface area contributed by atoms with Gasteiger partial charge < -0.3 is 15.7 Å². The summed E-state index contributed by atoms with van der Waals surface area (Å²) in [6, 6.07) is 6.06. The molecule has 1 heterocycles. The molecule has 0 aliphatic heterocycles. The number of carbonyl (C=O) groups is 3. The van der Waals surface area contributed by atoms with Crippen LogP contribution in [0.5, 0.6) is 0 Å². The maximum Gasteiger partial charge on any atom is 0.325 e. The van der Waals surface area contributed by atoms with Gasteiger partial charge >= 0.3 is 5.97 Å². The number of benzene rings is 1. The zero-order valence-corrected chi connectivity index (χ0v) is 11.7. The van der Waals surface area contributed by atoms with E-state index in [1.165, 1.54) is 13.1 Å². The van der Waals surface area contributed by atoms with Gasteiger partial charge in [0.2, 0.25) is 5.91 Å². The second kappa shape index (κ2) is 6.61. The van der Waals surface area contributed by atoms with Gasteiger partial charge in [-0.1, -0.05) is 12.1 Å². The average Bonchev–Trinajstić information content (AvgIpc) is 2.52. The molecule has 22 heavy (non-hydrogen) atoms. The molecule has 0 aliphatic carbocycles. The minimum atomic E-state index is -1.15. The lowest BCUT2D eigenvalue weighted by molar-refractivity contribution is -0.141. The van der Waals surface area contributed by atoms with Crippen LogP contribution in [0.1, 0.15) is 17.4 Å². The molecule has 3 N–H and O–H groups in total. The Labute approximate surface area is 125 Å². The summed E-state index contributed by atoms with van der Waals surface area (Å²) in [7, 11) is 0. The minimum Gasteiger partial charge on any atom is -0.480 e. The van der Waals surface area contributed by atoms with Crippen molar-refractivity contribution in [3.63, 3.8) is 0 Å². The van der Waals surface area contributed by atoms with Crippen LogP contribution in [0.2, 0.25) is 0 Å². The number of nitrogens with zero attached hydrogens (tertiary/aromatic N) is 2. The molecule has 2 aromatic rings. The molecule has 2 rings (SSSR count). The van der Waals surface area contributed by atoms with Crippen LogP contribution in [0.3, 0.4) is 0 Å². The van der Waals surface area contributed by atoms with Gasteiger partial charge in [0.25, 0.3) is 5.91 Å². The van der Waals surface area contributed by atoms with Gasteiger partial charge in [-0.2, -0.15) is 0 Å². The van der Waals surface area contributed by atoms with Crippen molar-refractivity contribution in [3.05, 3.63) is 36.2 Å². The van der Waals surface area contributed by atoms with Crippen LogP contribution >= 0.6 is 0 Å². The van der Waals surface area contributed by atoms with Crippen LogP contribution in [0, 0.1) is 0 Å². The summed E-state index contributed by atoms with van der Waals surface area (Å²) in [6.07, 6.45) is 1.31. The van der Waals surface area contributed by atoms with Crippen LogP contribution in [0.25, 0.3) is 11.0 Å². The number of aliphatic carboxylic acids is 1. The Kier molecular flexibility index (Phi) is 4.62. The molecule has 0 radical (unpaired) electrons. The number of hydrogen-bond acceptors (Lipinski definition) is 5. The molecule has 0 fully saturated rings. The molecule has 8 nitrogen and oxygen atoms in total. The summed E-state index contributed by atoms with van der Waals surface area (Å²) in [5, 5.41) is 13.3. The molecule has 1 atom stereocenters. The largest absolute Gasteiger partial charge is 0.480 e. The average molecular weight is 302 g/mol. The topological polar surface area (TPSA) is 121 Å². The van der Waals surface area contributed by atoms with E-state index in [9.17, 15) is 14.4 Å². The molecule has 0 saturated carbocycles. The van der Waals surface area contributed by atoms with E-state index in [0.717, 1.165) is 0 Å². The lowest BCUT2D eigenvalue weighted by atomic mass is 10.3. The summed E-state index contributed by atoms with van der Waals surface area (Å²) in [6.45, 7) is 0.988. The molecule has 0 bridgehead atoms. The maximum absolute atomic E-state index is 11.9. The predicted molar refractivity (Wildman–Crippen MR) is 77.1 cm³/mol. The number of carbonyl (C=O) groups excluding carboxylic acids is 2. The third kappa shape index (κ3) is 3.75. The van der Waals surface area contributed by atoms with Crippen LogP contribution in [0.4, 0.5) is 0 Å². The molecular weight excluding hydrogens is 288 g/mol. The summed E-state index contributed by atoms with van der Waals surface area (Å²) in [5.41, 5.74) is 1.31. The van der Waals surface area contributed by atoms with Crippen molar-refractivity contribution >= 4 is 28.8 Å². The SMILES string of the molecule is CC(NC(=O)CNC(=O)c1cnc2ccccc2n1)C(=O)O. The second-order valence-electron chi connectivity index (χ2n) is 4.55. The van der Waals surface area contributed by atoms with Crippen LogP contribution in [-0.2, 0) is 9.59 Å². The van der Waals surface area contributed by atoms with E-state index in [0.29, 0.717) is 11.0 Å². The number of hydrogen-bond donors (Lipinski definition) is 3.